The summed E-state index contributed by atoms with van der Waals surface area (Å²) in [5.74, 6) is -1.42. The van der Waals surface area contributed by atoms with Crippen molar-refractivity contribution in [2.45, 2.75) is 24.3 Å². The van der Waals surface area contributed by atoms with Crippen LogP contribution in [0.4, 0.5) is 26.3 Å². The van der Waals surface area contributed by atoms with Gasteiger partial charge >= 0.3 is 12.5 Å². The summed E-state index contributed by atoms with van der Waals surface area (Å²) in [7, 11) is 0. The maximum absolute atomic E-state index is 12.8. The summed E-state index contributed by atoms with van der Waals surface area (Å²) >= 11 is 2.87. The lowest BCUT2D eigenvalue weighted by Crippen LogP contribution is -2.22. The number of hydrogen-bond acceptors (Lipinski definition) is 3. The molecule has 0 aliphatic rings. The zero-order chi connectivity index (χ0) is 15.6. The van der Waals surface area contributed by atoms with Gasteiger partial charge in [-0.1, -0.05) is 15.9 Å². The molecule has 0 radical (unpaired) electrons. The van der Waals surface area contributed by atoms with Crippen LogP contribution in [0.5, 0.6) is 5.75 Å². The second-order valence-corrected chi connectivity index (χ2v) is 4.01. The van der Waals surface area contributed by atoms with Crippen molar-refractivity contribution in [2.24, 2.45) is 0 Å². The maximum Gasteiger partial charge on any atom is 0.573 e. The molecule has 0 bridgehead atoms. The number of ether oxygens (including phenoxy) is 1. The average Bonchev–Trinajstić information content (AvgIpc) is 2.24. The van der Waals surface area contributed by atoms with Gasteiger partial charge in [0.15, 0.2) is 0 Å². The molecule has 0 amide bonds. The number of alkyl halides is 7. The Bertz CT molecular complexity index is 534. The molecule has 10 heteroatoms. The second kappa shape index (κ2) is 5.87. The molecule has 0 saturated carbocycles. The highest BCUT2D eigenvalue weighted by molar-refractivity contribution is 9.08. The minimum absolute atomic E-state index is 0.0855. The molecule has 110 valence electrons. The highest BCUT2D eigenvalue weighted by Crippen LogP contribution is 2.40. The van der Waals surface area contributed by atoms with Crippen molar-refractivity contribution >= 4 is 15.9 Å². The van der Waals surface area contributed by atoms with Crippen LogP contribution in [0.15, 0.2) is 6.07 Å². The Balaban J connectivity index is 3.52. The van der Waals surface area contributed by atoms with Crippen LogP contribution in [-0.2, 0) is 17.9 Å². The lowest BCUT2D eigenvalue weighted by Gasteiger charge is -2.18. The Hall–Kier alpha value is -1.50. The van der Waals surface area contributed by atoms with Gasteiger partial charge in [-0.05, 0) is 0 Å². The van der Waals surface area contributed by atoms with E-state index in [2.05, 4.69) is 25.7 Å². The molecular formula is C10H5BrF6N2O. The summed E-state index contributed by atoms with van der Waals surface area (Å²) in [6.07, 6.45) is -11.2. The molecule has 3 nitrogen and oxygen atoms in total. The van der Waals surface area contributed by atoms with E-state index in [9.17, 15) is 26.3 Å². The predicted molar refractivity (Wildman–Crippen MR) is 57.9 cm³/mol. The SMILES string of the molecule is N#CCc1nc(CBr)cc(OC(F)(F)F)c1C(F)(F)F. The second-order valence-electron chi connectivity index (χ2n) is 3.45. The molecule has 20 heavy (non-hydrogen) atoms. The van der Waals surface area contributed by atoms with E-state index < -0.39 is 36.0 Å². The molecule has 1 rings (SSSR count). The molecule has 0 aliphatic carbocycles. The molecular weight excluding hydrogens is 358 g/mol. The van der Waals surface area contributed by atoms with Crippen LogP contribution in [0.25, 0.3) is 0 Å². The number of hydrogen-bond donors (Lipinski definition) is 0. The summed E-state index contributed by atoms with van der Waals surface area (Å²) in [6, 6.07) is 1.96. The van der Waals surface area contributed by atoms with Gasteiger partial charge in [0.25, 0.3) is 0 Å². The molecule has 0 aliphatic heterocycles. The smallest absolute Gasteiger partial charge is 0.405 e. The summed E-state index contributed by atoms with van der Waals surface area (Å²) < 4.78 is 78.4. The van der Waals surface area contributed by atoms with E-state index >= 15 is 0 Å². The molecule has 0 N–H and O–H groups in total. The Morgan fingerprint density at radius 2 is 1.85 bits per heavy atom. The molecule has 0 aromatic carbocycles. The van der Waals surface area contributed by atoms with Crippen molar-refractivity contribution in [3.05, 3.63) is 23.0 Å². The number of nitrogens with zero attached hydrogens (tertiary/aromatic N) is 2. The van der Waals surface area contributed by atoms with Gasteiger partial charge in [-0.2, -0.15) is 18.4 Å². The van der Waals surface area contributed by atoms with E-state index in [0.717, 1.165) is 0 Å². The number of rotatable bonds is 3. The van der Waals surface area contributed by atoms with Crippen LogP contribution in [0.2, 0.25) is 0 Å². The van der Waals surface area contributed by atoms with E-state index in [4.69, 9.17) is 5.26 Å². The third kappa shape index (κ3) is 4.26. The zero-order valence-electron chi connectivity index (χ0n) is 9.44. The summed E-state index contributed by atoms with van der Waals surface area (Å²) in [6.45, 7) is 0. The minimum Gasteiger partial charge on any atom is -0.405 e. The van der Waals surface area contributed by atoms with E-state index in [1.807, 2.05) is 0 Å². The summed E-state index contributed by atoms with van der Waals surface area (Å²) in [5, 5.41) is 8.38. The van der Waals surface area contributed by atoms with Gasteiger partial charge in [0.2, 0.25) is 0 Å². The van der Waals surface area contributed by atoms with Gasteiger partial charge < -0.3 is 4.74 Å². The molecule has 0 spiro atoms. The van der Waals surface area contributed by atoms with Gasteiger partial charge in [0.05, 0.1) is 23.9 Å². The third-order valence-corrected chi connectivity index (χ3v) is 2.58. The standard InChI is InChI=1S/C10H5BrF6N2O/c11-4-5-3-7(20-10(15,16)17)8(9(12,13)14)6(19-5)1-2-18/h3H,1,4H2. The van der Waals surface area contributed by atoms with Gasteiger partial charge in [-0.3, -0.25) is 4.98 Å². The topological polar surface area (TPSA) is 45.9 Å². The average molecular weight is 363 g/mol. The number of halogens is 7. The predicted octanol–water partition coefficient (Wildman–Crippen LogP) is 3.96. The first-order valence-corrected chi connectivity index (χ1v) is 5.99. The van der Waals surface area contributed by atoms with Crippen molar-refractivity contribution in [3.63, 3.8) is 0 Å². The third-order valence-electron chi connectivity index (χ3n) is 2.00. The van der Waals surface area contributed by atoms with E-state index in [1.54, 1.807) is 0 Å². The maximum atomic E-state index is 12.8. The normalized spacial score (nSPS) is 12.1. The highest BCUT2D eigenvalue weighted by Gasteiger charge is 2.42. The lowest BCUT2D eigenvalue weighted by molar-refractivity contribution is -0.276. The van der Waals surface area contributed by atoms with Crippen molar-refractivity contribution < 1.29 is 31.1 Å². The number of aromatic nitrogens is 1. The Labute approximate surface area is 117 Å². The van der Waals surface area contributed by atoms with Gasteiger partial charge in [-0.25, -0.2) is 0 Å². The highest BCUT2D eigenvalue weighted by atomic mass is 79.9. The molecule has 1 aromatic heterocycles. The number of pyridine rings is 1. The van der Waals surface area contributed by atoms with Crippen LogP contribution in [0.3, 0.4) is 0 Å². The molecule has 1 heterocycles. The summed E-state index contributed by atoms with van der Waals surface area (Å²) in [5.41, 5.74) is -2.61. The zero-order valence-corrected chi connectivity index (χ0v) is 11.0. The fourth-order valence-corrected chi connectivity index (χ4v) is 1.69. The van der Waals surface area contributed by atoms with E-state index in [0.29, 0.717) is 6.07 Å². The molecule has 0 fully saturated rings. The van der Waals surface area contributed by atoms with E-state index in [1.165, 1.54) is 6.07 Å². The van der Waals surface area contributed by atoms with Crippen molar-refractivity contribution in [1.29, 1.82) is 5.26 Å². The lowest BCUT2D eigenvalue weighted by atomic mass is 10.1. The van der Waals surface area contributed by atoms with Gasteiger partial charge in [0.1, 0.15) is 11.3 Å². The largest absolute Gasteiger partial charge is 0.573 e. The monoisotopic (exact) mass is 362 g/mol. The van der Waals surface area contributed by atoms with Crippen LogP contribution in [-0.4, -0.2) is 11.3 Å². The molecule has 0 saturated heterocycles. The Morgan fingerprint density at radius 1 is 1.25 bits per heavy atom. The first-order chi connectivity index (χ1) is 9.08. The van der Waals surface area contributed by atoms with Gasteiger partial charge in [0, 0.05) is 11.4 Å². The van der Waals surface area contributed by atoms with E-state index in [-0.39, 0.29) is 11.0 Å². The minimum atomic E-state index is -5.28. The van der Waals surface area contributed by atoms with Crippen molar-refractivity contribution in [1.82, 2.24) is 4.98 Å². The summed E-state index contributed by atoms with van der Waals surface area (Å²) in [4.78, 5) is 3.50. The van der Waals surface area contributed by atoms with Crippen LogP contribution >= 0.6 is 15.9 Å². The Morgan fingerprint density at radius 3 is 2.25 bits per heavy atom. The van der Waals surface area contributed by atoms with Crippen LogP contribution in [0.1, 0.15) is 17.0 Å². The molecule has 0 unspecified atom stereocenters. The fourth-order valence-electron chi connectivity index (χ4n) is 1.41. The van der Waals surface area contributed by atoms with Crippen molar-refractivity contribution in [3.8, 4) is 11.8 Å². The quantitative estimate of drug-likeness (QED) is 0.603. The molecule has 0 atom stereocenters. The van der Waals surface area contributed by atoms with Gasteiger partial charge in [-0.15, -0.1) is 13.2 Å². The molecule has 1 aromatic rings. The first-order valence-electron chi connectivity index (χ1n) is 4.87. The van der Waals surface area contributed by atoms with Crippen LogP contribution < -0.4 is 4.74 Å². The van der Waals surface area contributed by atoms with Crippen molar-refractivity contribution in [2.75, 3.05) is 0 Å². The number of nitriles is 1. The fraction of sp³-hybridized carbons (Fsp3) is 0.400. The first kappa shape index (κ1) is 16.6. The van der Waals surface area contributed by atoms with Crippen LogP contribution in [0, 0.1) is 11.3 Å². The Kier molecular flexibility index (Phi) is 4.86.